The monoisotopic (exact) mass is 321 g/mol. The average Bonchev–Trinajstić information content (AvgIpc) is 3.03. The van der Waals surface area contributed by atoms with Crippen molar-refractivity contribution in [3.63, 3.8) is 0 Å². The van der Waals surface area contributed by atoms with E-state index in [0.29, 0.717) is 12.1 Å². The van der Waals surface area contributed by atoms with Gasteiger partial charge in [0.05, 0.1) is 5.52 Å². The lowest BCUT2D eigenvalue weighted by Crippen LogP contribution is -2.46. The third-order valence-electron chi connectivity index (χ3n) is 5.26. The predicted molar refractivity (Wildman–Crippen MR) is 96.5 cm³/mol. The van der Waals surface area contributed by atoms with Crippen LogP contribution in [0.1, 0.15) is 31.2 Å². The van der Waals surface area contributed by atoms with Crippen molar-refractivity contribution < 1.29 is 4.79 Å². The number of carbonyl (C=O) groups excluding carboxylic acids is 1. The molecule has 2 unspecified atom stereocenters. The Morgan fingerprint density at radius 3 is 3.04 bits per heavy atom. The number of hydrogen-bond acceptors (Lipinski definition) is 3. The van der Waals surface area contributed by atoms with Crippen LogP contribution in [0, 0.1) is 0 Å². The second kappa shape index (κ2) is 6.73. The van der Waals surface area contributed by atoms with Crippen molar-refractivity contribution in [1.29, 1.82) is 0 Å². The fourth-order valence-corrected chi connectivity index (χ4v) is 4.07. The normalized spacial score (nSPS) is 24.3. The molecule has 1 N–H and O–H groups in total. The molecule has 1 aromatic heterocycles. The number of benzene rings is 1. The van der Waals surface area contributed by atoms with E-state index in [2.05, 4.69) is 15.2 Å². The van der Waals surface area contributed by atoms with E-state index in [0.717, 1.165) is 29.4 Å². The van der Waals surface area contributed by atoms with Crippen LogP contribution in [-0.4, -0.2) is 41.0 Å². The number of carbonyl (C=O) groups is 1. The number of rotatable bonds is 3. The molecule has 2 aliphatic rings. The summed E-state index contributed by atoms with van der Waals surface area (Å²) < 4.78 is 0. The summed E-state index contributed by atoms with van der Waals surface area (Å²) in [4.78, 5) is 19.3. The lowest BCUT2D eigenvalue weighted by molar-refractivity contribution is -0.117. The van der Waals surface area contributed by atoms with E-state index in [1.807, 2.05) is 36.4 Å². The zero-order valence-electron chi connectivity index (χ0n) is 13.8. The lowest BCUT2D eigenvalue weighted by Gasteiger charge is -2.32. The van der Waals surface area contributed by atoms with E-state index in [1.54, 1.807) is 12.3 Å². The Hall–Kier alpha value is -2.20. The van der Waals surface area contributed by atoms with Crippen molar-refractivity contribution in [2.24, 2.45) is 0 Å². The third kappa shape index (κ3) is 3.06. The molecule has 2 fully saturated rings. The number of nitrogens with one attached hydrogen (secondary N) is 1. The fraction of sp³-hybridized carbons (Fsp3) is 0.400. The molecule has 2 saturated heterocycles. The van der Waals surface area contributed by atoms with Gasteiger partial charge in [0.15, 0.2) is 0 Å². The molecule has 124 valence electrons. The van der Waals surface area contributed by atoms with Gasteiger partial charge in [-0.1, -0.05) is 30.7 Å². The maximum absolute atomic E-state index is 12.3. The van der Waals surface area contributed by atoms with Gasteiger partial charge in [-0.2, -0.15) is 0 Å². The molecule has 4 rings (SSSR count). The Kier molecular flexibility index (Phi) is 4.30. The quantitative estimate of drug-likeness (QED) is 0.884. The molecule has 0 aliphatic carbocycles. The topological polar surface area (TPSA) is 45.2 Å². The van der Waals surface area contributed by atoms with Crippen molar-refractivity contribution in [3.05, 3.63) is 48.2 Å². The van der Waals surface area contributed by atoms with Gasteiger partial charge in [0.2, 0.25) is 5.91 Å². The van der Waals surface area contributed by atoms with Crippen molar-refractivity contribution in [3.8, 4) is 0 Å². The van der Waals surface area contributed by atoms with Gasteiger partial charge in [0.25, 0.3) is 0 Å². The van der Waals surface area contributed by atoms with E-state index >= 15 is 0 Å². The molecule has 4 nitrogen and oxygen atoms in total. The molecule has 2 atom stereocenters. The molecule has 0 spiro atoms. The van der Waals surface area contributed by atoms with Gasteiger partial charge in [-0.3, -0.25) is 14.7 Å². The van der Waals surface area contributed by atoms with Crippen LogP contribution in [0.2, 0.25) is 0 Å². The molecule has 0 bridgehead atoms. The van der Waals surface area contributed by atoms with Gasteiger partial charge >= 0.3 is 0 Å². The van der Waals surface area contributed by atoms with Crippen LogP contribution in [-0.2, 0) is 4.79 Å². The molecule has 2 aromatic rings. The first-order valence-electron chi connectivity index (χ1n) is 8.88. The highest BCUT2D eigenvalue weighted by molar-refractivity contribution is 5.95. The van der Waals surface area contributed by atoms with Crippen LogP contribution in [0.3, 0.4) is 0 Å². The number of amides is 1. The molecule has 3 heterocycles. The Labute approximate surface area is 142 Å². The first-order valence-corrected chi connectivity index (χ1v) is 8.88. The van der Waals surface area contributed by atoms with E-state index in [9.17, 15) is 4.79 Å². The number of aromatic nitrogens is 1. The summed E-state index contributed by atoms with van der Waals surface area (Å²) in [7, 11) is 0. The Balaban J connectivity index is 1.45. The Morgan fingerprint density at radius 1 is 1.17 bits per heavy atom. The van der Waals surface area contributed by atoms with Crippen molar-refractivity contribution in [2.75, 3.05) is 13.1 Å². The van der Waals surface area contributed by atoms with E-state index < -0.39 is 0 Å². The van der Waals surface area contributed by atoms with Crippen molar-refractivity contribution in [1.82, 2.24) is 15.2 Å². The van der Waals surface area contributed by atoms with Gasteiger partial charge in [-0.15, -0.1) is 0 Å². The molecular weight excluding hydrogens is 298 g/mol. The number of piperidine rings is 1. The molecule has 1 aromatic carbocycles. The standard InChI is InChI=1S/C20H23N3O/c24-19(22-17-11-14-23-13-2-1-8-18(17)23)10-9-16-6-3-5-15-7-4-12-21-20(15)16/h3-7,9-10,12,17-18H,1-2,8,11,13-14H2,(H,22,24)/b10-9+. The Morgan fingerprint density at radius 2 is 2.08 bits per heavy atom. The van der Waals surface area contributed by atoms with Crippen LogP contribution < -0.4 is 5.32 Å². The van der Waals surface area contributed by atoms with Crippen molar-refractivity contribution >= 4 is 22.9 Å². The molecule has 1 amide bonds. The van der Waals surface area contributed by atoms with Gasteiger partial charge in [0, 0.05) is 41.9 Å². The van der Waals surface area contributed by atoms with Gasteiger partial charge in [-0.05, 0) is 37.9 Å². The number of para-hydroxylation sites is 1. The van der Waals surface area contributed by atoms with Crippen LogP contribution in [0.5, 0.6) is 0 Å². The van der Waals surface area contributed by atoms with Crippen LogP contribution in [0.15, 0.2) is 42.6 Å². The number of pyridine rings is 1. The van der Waals surface area contributed by atoms with Crippen LogP contribution in [0.4, 0.5) is 0 Å². The highest BCUT2D eigenvalue weighted by atomic mass is 16.1. The van der Waals surface area contributed by atoms with Gasteiger partial charge < -0.3 is 5.32 Å². The molecular formula is C20H23N3O. The first kappa shape index (κ1) is 15.3. The molecule has 0 radical (unpaired) electrons. The maximum Gasteiger partial charge on any atom is 0.244 e. The van der Waals surface area contributed by atoms with Crippen LogP contribution >= 0.6 is 0 Å². The lowest BCUT2D eigenvalue weighted by atomic mass is 9.99. The number of fused-ring (bicyclic) bond motifs is 2. The first-order chi connectivity index (χ1) is 11.8. The predicted octanol–water partition coefficient (Wildman–Crippen LogP) is 2.99. The van der Waals surface area contributed by atoms with E-state index in [1.165, 1.54) is 25.8 Å². The summed E-state index contributed by atoms with van der Waals surface area (Å²) in [6, 6.07) is 10.8. The van der Waals surface area contributed by atoms with E-state index in [4.69, 9.17) is 0 Å². The zero-order chi connectivity index (χ0) is 16.4. The number of nitrogens with zero attached hydrogens (tertiary/aromatic N) is 2. The molecule has 24 heavy (non-hydrogen) atoms. The van der Waals surface area contributed by atoms with Crippen LogP contribution in [0.25, 0.3) is 17.0 Å². The SMILES string of the molecule is O=C(/C=C/c1cccc2cccnc12)NC1CCN2CCCCC12. The largest absolute Gasteiger partial charge is 0.348 e. The maximum atomic E-state index is 12.3. The van der Waals surface area contributed by atoms with E-state index in [-0.39, 0.29) is 5.91 Å². The molecule has 2 aliphatic heterocycles. The second-order valence-corrected chi connectivity index (χ2v) is 6.76. The highest BCUT2D eigenvalue weighted by Gasteiger charge is 2.35. The second-order valence-electron chi connectivity index (χ2n) is 6.76. The summed E-state index contributed by atoms with van der Waals surface area (Å²) in [5.41, 5.74) is 1.91. The minimum absolute atomic E-state index is 0.000331. The summed E-state index contributed by atoms with van der Waals surface area (Å²) >= 11 is 0. The van der Waals surface area contributed by atoms with Crippen molar-refractivity contribution in [2.45, 2.75) is 37.8 Å². The highest BCUT2D eigenvalue weighted by Crippen LogP contribution is 2.27. The smallest absolute Gasteiger partial charge is 0.244 e. The zero-order valence-corrected chi connectivity index (χ0v) is 13.8. The van der Waals surface area contributed by atoms with Gasteiger partial charge in [-0.25, -0.2) is 0 Å². The summed E-state index contributed by atoms with van der Waals surface area (Å²) in [5, 5.41) is 4.30. The Bertz CT molecular complexity index is 765. The third-order valence-corrected chi connectivity index (χ3v) is 5.26. The minimum Gasteiger partial charge on any atom is -0.348 e. The molecule has 4 heteroatoms. The fourth-order valence-electron chi connectivity index (χ4n) is 4.07. The van der Waals surface area contributed by atoms with Gasteiger partial charge in [0.1, 0.15) is 0 Å². The average molecular weight is 321 g/mol. The summed E-state index contributed by atoms with van der Waals surface area (Å²) in [6.07, 6.45) is 10.2. The summed E-state index contributed by atoms with van der Waals surface area (Å²) in [5.74, 6) is 0.000331. The number of hydrogen-bond donors (Lipinski definition) is 1. The minimum atomic E-state index is 0.000331. The summed E-state index contributed by atoms with van der Waals surface area (Å²) in [6.45, 7) is 2.31. The molecule has 0 saturated carbocycles.